The van der Waals surface area contributed by atoms with E-state index in [0.29, 0.717) is 12.6 Å². The Balaban J connectivity index is 1.85. The zero-order chi connectivity index (χ0) is 17.7. The van der Waals surface area contributed by atoms with Crippen molar-refractivity contribution in [1.82, 2.24) is 15.1 Å². The number of halogens is 1. The first-order chi connectivity index (χ1) is 11.4. The van der Waals surface area contributed by atoms with Crippen LogP contribution < -0.4 is 10.6 Å². The quantitative estimate of drug-likeness (QED) is 0.790. The molecule has 0 spiro atoms. The molecule has 2 amide bonds. The van der Waals surface area contributed by atoms with Crippen molar-refractivity contribution in [2.24, 2.45) is 0 Å². The lowest BCUT2D eigenvalue weighted by atomic mass is 10.2. The minimum Gasteiger partial charge on any atom is -0.335 e. The molecule has 0 aromatic heterocycles. The number of carbonyl (C=O) groups is 2. The Hall–Kier alpha value is -1.44. The summed E-state index contributed by atoms with van der Waals surface area (Å²) in [7, 11) is 1.67. The van der Waals surface area contributed by atoms with Crippen molar-refractivity contribution >= 4 is 33.4 Å². The van der Waals surface area contributed by atoms with Gasteiger partial charge in [0.15, 0.2) is 0 Å². The largest absolute Gasteiger partial charge is 0.335 e. The van der Waals surface area contributed by atoms with Crippen LogP contribution in [0.2, 0.25) is 0 Å². The monoisotopic (exact) mass is 396 g/mol. The number of nitrogens with zero attached hydrogens (tertiary/aromatic N) is 2. The lowest BCUT2D eigenvalue weighted by Crippen LogP contribution is -2.53. The second-order valence-corrected chi connectivity index (χ2v) is 7.20. The predicted octanol–water partition coefficient (Wildman–Crippen LogP) is 1.45. The summed E-state index contributed by atoms with van der Waals surface area (Å²) in [6, 6.07) is 6.00. The van der Waals surface area contributed by atoms with E-state index >= 15 is 0 Å². The van der Waals surface area contributed by atoms with Gasteiger partial charge in [0.1, 0.15) is 0 Å². The molecule has 2 rings (SSSR count). The highest BCUT2D eigenvalue weighted by atomic mass is 79.9. The normalized spacial score (nSPS) is 18.2. The fourth-order valence-corrected chi connectivity index (χ4v) is 3.15. The molecule has 0 saturated carbocycles. The highest BCUT2D eigenvalue weighted by Gasteiger charge is 2.22. The van der Waals surface area contributed by atoms with Crippen LogP contribution in [0.1, 0.15) is 12.5 Å². The van der Waals surface area contributed by atoms with Gasteiger partial charge in [-0.25, -0.2) is 0 Å². The van der Waals surface area contributed by atoms with Crippen molar-refractivity contribution in [1.29, 1.82) is 0 Å². The second-order valence-electron chi connectivity index (χ2n) is 6.28. The topological polar surface area (TPSA) is 64.7 Å². The molecule has 0 radical (unpaired) electrons. The van der Waals surface area contributed by atoms with Gasteiger partial charge in [-0.3, -0.25) is 14.5 Å². The van der Waals surface area contributed by atoms with Gasteiger partial charge in [0, 0.05) is 42.9 Å². The van der Waals surface area contributed by atoms with Crippen molar-refractivity contribution in [2.45, 2.75) is 19.9 Å². The number of anilines is 1. The Bertz CT molecular complexity index is 608. The summed E-state index contributed by atoms with van der Waals surface area (Å²) < 4.78 is 0.968. The van der Waals surface area contributed by atoms with Gasteiger partial charge in [-0.05, 0) is 37.6 Å². The van der Waals surface area contributed by atoms with Gasteiger partial charge >= 0.3 is 0 Å². The average molecular weight is 397 g/mol. The molecule has 1 aromatic carbocycles. The minimum absolute atomic E-state index is 0.0357. The molecular formula is C17H25BrN4O2. The van der Waals surface area contributed by atoms with Crippen molar-refractivity contribution in [3.05, 3.63) is 28.2 Å². The number of amides is 2. The molecule has 1 aromatic rings. The summed E-state index contributed by atoms with van der Waals surface area (Å²) in [4.78, 5) is 28.1. The molecule has 0 bridgehead atoms. The smallest absolute Gasteiger partial charge is 0.243 e. The zero-order valence-electron chi connectivity index (χ0n) is 14.4. The van der Waals surface area contributed by atoms with E-state index in [0.717, 1.165) is 35.4 Å². The van der Waals surface area contributed by atoms with E-state index in [4.69, 9.17) is 0 Å². The van der Waals surface area contributed by atoms with E-state index in [1.54, 1.807) is 7.05 Å². The van der Waals surface area contributed by atoms with E-state index < -0.39 is 0 Å². The molecule has 2 N–H and O–H groups in total. The van der Waals surface area contributed by atoms with Gasteiger partial charge in [0.05, 0.1) is 13.1 Å². The highest BCUT2D eigenvalue weighted by Crippen LogP contribution is 2.19. The summed E-state index contributed by atoms with van der Waals surface area (Å²) in [5, 5.41) is 6.16. The van der Waals surface area contributed by atoms with E-state index in [9.17, 15) is 9.59 Å². The lowest BCUT2D eigenvalue weighted by molar-refractivity contribution is -0.134. The van der Waals surface area contributed by atoms with Gasteiger partial charge in [-0.15, -0.1) is 0 Å². The molecular weight excluding hydrogens is 372 g/mol. The van der Waals surface area contributed by atoms with E-state index in [2.05, 4.69) is 38.4 Å². The Morgan fingerprint density at radius 3 is 2.88 bits per heavy atom. The van der Waals surface area contributed by atoms with Crippen LogP contribution in [0.3, 0.4) is 0 Å². The number of hydrogen-bond acceptors (Lipinski definition) is 4. The van der Waals surface area contributed by atoms with Crippen molar-refractivity contribution < 1.29 is 9.59 Å². The first-order valence-electron chi connectivity index (χ1n) is 8.11. The Kier molecular flexibility index (Phi) is 6.77. The van der Waals surface area contributed by atoms with Gasteiger partial charge in [-0.2, -0.15) is 0 Å². The second kappa shape index (κ2) is 8.60. The van der Waals surface area contributed by atoms with Crippen molar-refractivity contribution in [2.75, 3.05) is 45.1 Å². The van der Waals surface area contributed by atoms with E-state index in [1.165, 1.54) is 4.90 Å². The molecule has 1 aliphatic rings. The number of aryl methyl sites for hydroxylation is 1. The Morgan fingerprint density at radius 1 is 1.46 bits per heavy atom. The molecule has 1 saturated heterocycles. The summed E-state index contributed by atoms with van der Waals surface area (Å²) >= 11 is 3.40. The third-order valence-electron chi connectivity index (χ3n) is 4.25. The number of hydrogen-bond donors (Lipinski definition) is 2. The van der Waals surface area contributed by atoms with Gasteiger partial charge in [0.2, 0.25) is 11.8 Å². The van der Waals surface area contributed by atoms with Gasteiger partial charge in [-0.1, -0.05) is 15.9 Å². The van der Waals surface area contributed by atoms with Crippen LogP contribution >= 0.6 is 15.9 Å². The molecule has 0 unspecified atom stereocenters. The molecule has 24 heavy (non-hydrogen) atoms. The fraction of sp³-hybridized carbons (Fsp3) is 0.529. The van der Waals surface area contributed by atoms with Crippen LogP contribution in [0, 0.1) is 6.92 Å². The van der Waals surface area contributed by atoms with E-state index in [-0.39, 0.29) is 18.4 Å². The van der Waals surface area contributed by atoms with Crippen molar-refractivity contribution in [3.8, 4) is 0 Å². The van der Waals surface area contributed by atoms with Crippen molar-refractivity contribution in [3.63, 3.8) is 0 Å². The minimum atomic E-state index is -0.190. The highest BCUT2D eigenvalue weighted by molar-refractivity contribution is 9.10. The number of piperazine rings is 1. The van der Waals surface area contributed by atoms with Gasteiger partial charge in [0.25, 0.3) is 0 Å². The average Bonchev–Trinajstić information content (AvgIpc) is 2.52. The molecule has 1 fully saturated rings. The van der Waals surface area contributed by atoms with Crippen LogP contribution in [0.5, 0.6) is 0 Å². The van der Waals surface area contributed by atoms with E-state index in [1.807, 2.05) is 25.1 Å². The number of likely N-dealkylation sites (N-methyl/N-ethyl adjacent to an activating group) is 1. The molecule has 1 atom stereocenters. The summed E-state index contributed by atoms with van der Waals surface area (Å²) in [6.07, 6.45) is 0. The van der Waals surface area contributed by atoms with Crippen LogP contribution in [0.4, 0.5) is 5.69 Å². The van der Waals surface area contributed by atoms with Gasteiger partial charge < -0.3 is 15.5 Å². The number of rotatable bonds is 5. The third kappa shape index (κ3) is 5.29. The van der Waals surface area contributed by atoms with Crippen LogP contribution in [-0.2, 0) is 9.59 Å². The van der Waals surface area contributed by atoms with Crippen LogP contribution in [-0.4, -0.2) is 67.4 Å². The van der Waals surface area contributed by atoms with Crippen LogP contribution in [0.25, 0.3) is 0 Å². The molecule has 7 heteroatoms. The fourth-order valence-electron chi connectivity index (χ4n) is 2.67. The number of carbonyl (C=O) groups excluding carboxylic acids is 2. The SMILES string of the molecule is Cc1cc(Br)ccc1NC(=O)CN(C)C(=O)CN1CCNC[C@@H]1C. The molecule has 1 heterocycles. The molecule has 1 aliphatic heterocycles. The first-order valence-corrected chi connectivity index (χ1v) is 8.91. The summed E-state index contributed by atoms with van der Waals surface area (Å²) in [6.45, 7) is 7.07. The maximum atomic E-state index is 12.3. The molecule has 0 aliphatic carbocycles. The Labute approximate surface area is 151 Å². The predicted molar refractivity (Wildman–Crippen MR) is 99.1 cm³/mol. The molecule has 132 valence electrons. The molecule has 6 nitrogen and oxygen atoms in total. The maximum absolute atomic E-state index is 12.3. The first kappa shape index (κ1) is 18.9. The number of nitrogens with one attached hydrogen (secondary N) is 2. The summed E-state index contributed by atoms with van der Waals surface area (Å²) in [5.74, 6) is -0.226. The maximum Gasteiger partial charge on any atom is 0.243 e. The number of benzene rings is 1. The van der Waals surface area contributed by atoms with Crippen LogP contribution in [0.15, 0.2) is 22.7 Å². The lowest BCUT2D eigenvalue weighted by Gasteiger charge is -2.34. The third-order valence-corrected chi connectivity index (χ3v) is 4.74. The standard InChI is InChI=1S/C17H25BrN4O2/c1-12-8-14(18)4-5-15(12)20-16(23)10-21(3)17(24)11-22-7-6-19-9-13(22)2/h4-5,8,13,19H,6-7,9-11H2,1-3H3,(H,20,23)/t13-/m0/s1. The zero-order valence-corrected chi connectivity index (χ0v) is 16.0. The Morgan fingerprint density at radius 2 is 2.21 bits per heavy atom. The summed E-state index contributed by atoms with van der Waals surface area (Å²) in [5.41, 5.74) is 1.74.